The fraction of sp³-hybridized carbons (Fsp3) is 0.226. The molecular weight excluding hydrogens is 690 g/mol. The number of rotatable bonds is 4. The molecule has 48 heavy (non-hydrogen) atoms. The van der Waals surface area contributed by atoms with Crippen LogP contribution in [0.25, 0.3) is 5.69 Å². The van der Waals surface area contributed by atoms with E-state index in [2.05, 4.69) is 0 Å². The van der Waals surface area contributed by atoms with Crippen molar-refractivity contribution in [1.82, 2.24) is 13.9 Å². The van der Waals surface area contributed by atoms with E-state index in [9.17, 15) is 37.5 Å². The minimum absolute atomic E-state index is 0.0637. The van der Waals surface area contributed by atoms with Gasteiger partial charge in [0.25, 0.3) is 11.8 Å². The molecule has 7 rings (SSSR count). The molecule has 248 valence electrons. The second-order valence-electron chi connectivity index (χ2n) is 11.3. The molecule has 1 aromatic heterocycles. The molecule has 1 N–H and O–H groups in total. The van der Waals surface area contributed by atoms with Crippen LogP contribution in [-0.4, -0.2) is 47.7 Å². The Hall–Kier alpha value is -4.89. The summed E-state index contributed by atoms with van der Waals surface area (Å²) >= 11 is 14.1. The monoisotopic (exact) mass is 708 g/mol. The van der Waals surface area contributed by atoms with Crippen LogP contribution < -0.4 is 21.0 Å². The van der Waals surface area contributed by atoms with Crippen molar-refractivity contribution in [3.8, 4) is 17.2 Å². The number of alkyl halides is 2. The number of halogens is 7. The molecule has 2 aliphatic heterocycles. The number of phenols is 1. The van der Waals surface area contributed by atoms with Crippen LogP contribution in [0.4, 0.5) is 27.6 Å². The minimum atomic E-state index is -2.84. The fourth-order valence-electron chi connectivity index (χ4n) is 6.94. The molecule has 3 aromatic carbocycles. The van der Waals surface area contributed by atoms with Crippen molar-refractivity contribution in [3.05, 3.63) is 116 Å². The van der Waals surface area contributed by atoms with Gasteiger partial charge in [0.05, 0.1) is 25.4 Å². The van der Waals surface area contributed by atoms with Crippen LogP contribution >= 0.6 is 23.2 Å². The molecule has 1 aliphatic carbocycles. The predicted octanol–water partition coefficient (Wildman–Crippen LogP) is 4.41. The second kappa shape index (κ2) is 10.6. The summed E-state index contributed by atoms with van der Waals surface area (Å²) in [7, 11) is 1.20. The number of amides is 2. The maximum absolute atomic E-state index is 15.2. The number of para-hydroxylation sites is 1. The number of hydrogen-bond donors (Lipinski definition) is 1. The fourth-order valence-corrected chi connectivity index (χ4v) is 7.84. The van der Waals surface area contributed by atoms with Gasteiger partial charge < -0.3 is 9.84 Å². The third kappa shape index (κ3) is 3.79. The summed E-state index contributed by atoms with van der Waals surface area (Å²) in [6.45, 7) is -0.294. The van der Waals surface area contributed by atoms with E-state index in [-0.39, 0.29) is 34.0 Å². The van der Waals surface area contributed by atoms with E-state index in [1.807, 2.05) is 0 Å². The first kappa shape index (κ1) is 31.7. The van der Waals surface area contributed by atoms with E-state index >= 15 is 8.78 Å². The number of benzene rings is 3. The van der Waals surface area contributed by atoms with E-state index in [0.29, 0.717) is 0 Å². The van der Waals surface area contributed by atoms with Crippen molar-refractivity contribution in [2.24, 2.45) is 0 Å². The predicted molar refractivity (Wildman–Crippen MR) is 159 cm³/mol. The van der Waals surface area contributed by atoms with Crippen LogP contribution in [0.5, 0.6) is 11.5 Å². The van der Waals surface area contributed by atoms with Gasteiger partial charge in [-0.1, -0.05) is 30.3 Å². The molecule has 4 aromatic rings. The number of hydrogen-bond acceptors (Lipinski definition) is 6. The van der Waals surface area contributed by atoms with E-state index in [0.717, 1.165) is 13.9 Å². The second-order valence-corrected chi connectivity index (χ2v) is 12.5. The summed E-state index contributed by atoms with van der Waals surface area (Å²) in [5, 5.41) is 11.1. The Morgan fingerprint density at radius 2 is 1.46 bits per heavy atom. The maximum atomic E-state index is 15.2. The third-order valence-electron chi connectivity index (χ3n) is 9.05. The summed E-state index contributed by atoms with van der Waals surface area (Å²) in [5.41, 5.74) is -3.60. The molecule has 4 atom stereocenters. The highest BCUT2D eigenvalue weighted by molar-refractivity contribution is 6.58. The molecule has 4 unspecified atom stereocenters. The molecule has 3 heterocycles. The maximum Gasteiger partial charge on any atom is 0.352 e. The van der Waals surface area contributed by atoms with Crippen molar-refractivity contribution in [1.29, 1.82) is 0 Å². The number of imide groups is 1. The Morgan fingerprint density at radius 1 is 0.833 bits per heavy atom. The zero-order valence-corrected chi connectivity index (χ0v) is 25.7. The number of ether oxygens (including phenoxy) is 1. The number of carbonyl (C=O) groups excluding carboxylic acids is 2. The Balaban J connectivity index is 1.53. The van der Waals surface area contributed by atoms with Gasteiger partial charge in [-0.2, -0.15) is 0 Å². The van der Waals surface area contributed by atoms with Gasteiger partial charge in [-0.25, -0.2) is 50.4 Å². The van der Waals surface area contributed by atoms with Crippen LogP contribution in [-0.2, 0) is 16.1 Å². The number of anilines is 1. The quantitative estimate of drug-likeness (QED) is 0.0839. The first-order valence-electron chi connectivity index (χ1n) is 14.1. The Morgan fingerprint density at radius 3 is 2.08 bits per heavy atom. The minimum Gasteiger partial charge on any atom is -0.508 e. The first-order chi connectivity index (χ1) is 22.7. The average molecular weight is 709 g/mol. The summed E-state index contributed by atoms with van der Waals surface area (Å²) in [6.07, 6.45) is 0.627. The largest absolute Gasteiger partial charge is 0.508 e. The number of aromatic nitrogens is 3. The highest BCUT2D eigenvalue weighted by Gasteiger charge is 2.76. The molecule has 0 bridgehead atoms. The molecule has 1 saturated heterocycles. The van der Waals surface area contributed by atoms with Crippen LogP contribution in [0.1, 0.15) is 23.9 Å². The van der Waals surface area contributed by atoms with E-state index < -0.39 is 91.8 Å². The number of aromatic hydroxyl groups is 1. The SMILES string of the molecule is COc1cccc(O)c1C1C2=CCn3c(=O)n(-c4ccccc4)c(=O)n3C2CC2(Cl)C(=O)N(c3c(F)c(F)c(F)c(F)c3F)C(=O)C12Cl. The van der Waals surface area contributed by atoms with Gasteiger partial charge in [-0.3, -0.25) is 9.59 Å². The van der Waals surface area contributed by atoms with Crippen molar-refractivity contribution < 1.29 is 41.4 Å². The third-order valence-corrected chi connectivity index (χ3v) is 10.5. The summed E-state index contributed by atoms with van der Waals surface area (Å²) in [6, 6.07) is 10.3. The molecule has 0 radical (unpaired) electrons. The lowest BCUT2D eigenvalue weighted by molar-refractivity contribution is -0.122. The molecule has 10 nitrogen and oxygen atoms in total. The van der Waals surface area contributed by atoms with Gasteiger partial charge in [0, 0.05) is 17.9 Å². The number of carbonyl (C=O) groups is 2. The molecule has 2 fully saturated rings. The van der Waals surface area contributed by atoms with Crippen molar-refractivity contribution in [2.75, 3.05) is 12.0 Å². The van der Waals surface area contributed by atoms with Gasteiger partial charge in [0.15, 0.2) is 33.0 Å². The number of fused-ring (bicyclic) bond motifs is 4. The molecule has 0 spiro atoms. The average Bonchev–Trinajstić information content (AvgIpc) is 3.41. The summed E-state index contributed by atoms with van der Waals surface area (Å²) in [5.74, 6) is -18.2. The van der Waals surface area contributed by atoms with Crippen LogP contribution in [0.3, 0.4) is 0 Å². The van der Waals surface area contributed by atoms with Crippen LogP contribution in [0.15, 0.2) is 69.8 Å². The Labute approximate surface area is 275 Å². The molecule has 1 saturated carbocycles. The lowest BCUT2D eigenvalue weighted by Crippen LogP contribution is -2.59. The molecule has 3 aliphatic rings. The Bertz CT molecular complexity index is 2230. The molecular formula is C31H19Cl2F5N4O6. The smallest absolute Gasteiger partial charge is 0.352 e. The van der Waals surface area contributed by atoms with Gasteiger partial charge in [0.1, 0.15) is 17.2 Å². The highest BCUT2D eigenvalue weighted by atomic mass is 35.5. The Kier molecular flexibility index (Phi) is 6.97. The number of nitrogens with zero attached hydrogens (tertiary/aromatic N) is 4. The standard InChI is InChI=1S/C31H19Cl2F5N4O6/c1-48-17-9-5-8-16(43)18(17)19-14-10-11-39-28(46)40(13-6-3-2-4-7-13)29(47)42(39)15(14)12-30(32)26(44)41(27(45)31(19,30)33)25-23(37)21(35)20(34)22(36)24(25)38/h2-10,15,19,43H,11-12H2,1H3. The molecule has 2 amide bonds. The topological polar surface area (TPSA) is 116 Å². The number of allylic oxidation sites excluding steroid dienone is 2. The number of methoxy groups -OCH3 is 1. The summed E-state index contributed by atoms with van der Waals surface area (Å²) in [4.78, 5) is 50.2. The summed E-state index contributed by atoms with van der Waals surface area (Å²) < 4.78 is 81.4. The highest BCUT2D eigenvalue weighted by Crippen LogP contribution is 2.65. The first-order valence-corrected chi connectivity index (χ1v) is 14.8. The van der Waals surface area contributed by atoms with Crippen molar-refractivity contribution in [3.63, 3.8) is 0 Å². The van der Waals surface area contributed by atoms with Gasteiger partial charge in [-0.15, -0.1) is 23.2 Å². The van der Waals surface area contributed by atoms with Crippen molar-refractivity contribution >= 4 is 40.7 Å². The van der Waals surface area contributed by atoms with Crippen LogP contribution in [0, 0.1) is 29.1 Å². The number of phenolic OH excluding ortho intramolecular Hbond substituents is 1. The van der Waals surface area contributed by atoms with Gasteiger partial charge in [0.2, 0.25) is 5.82 Å². The lowest BCUT2D eigenvalue weighted by Gasteiger charge is -2.49. The zero-order valence-electron chi connectivity index (χ0n) is 24.2. The van der Waals surface area contributed by atoms with Gasteiger partial charge >= 0.3 is 11.4 Å². The van der Waals surface area contributed by atoms with Crippen LogP contribution in [0.2, 0.25) is 0 Å². The lowest BCUT2D eigenvalue weighted by atomic mass is 9.64. The normalized spacial score (nSPS) is 24.7. The van der Waals surface area contributed by atoms with Gasteiger partial charge in [-0.05, 0) is 29.8 Å². The van der Waals surface area contributed by atoms with E-state index in [4.69, 9.17) is 27.9 Å². The van der Waals surface area contributed by atoms with E-state index in [1.165, 1.54) is 43.5 Å². The van der Waals surface area contributed by atoms with Crippen molar-refractivity contribution in [2.45, 2.75) is 34.7 Å². The molecule has 17 heteroatoms. The van der Waals surface area contributed by atoms with E-state index in [1.54, 1.807) is 18.2 Å². The zero-order chi connectivity index (χ0) is 34.6.